The fourth-order valence-electron chi connectivity index (χ4n) is 4.77. The lowest BCUT2D eigenvalue weighted by Crippen LogP contribution is -2.21. The summed E-state index contributed by atoms with van der Waals surface area (Å²) >= 11 is 0. The minimum atomic E-state index is -4.58. The van der Waals surface area contributed by atoms with Crippen LogP contribution in [0.4, 0.5) is 26.3 Å². The average Bonchev–Trinajstić information content (AvgIpc) is 3.69. The van der Waals surface area contributed by atoms with Crippen LogP contribution in [-0.4, -0.2) is 73.6 Å². The van der Waals surface area contributed by atoms with Crippen LogP contribution in [0.2, 0.25) is 0 Å². The monoisotopic (exact) mass is 750 g/mol. The standard InChI is InChI=1S/C17H21F3N2O3.C15H16F3NO4.C2H7N.CH4/c1-4-6-11-13(24-10-5-7-14(23)22(2)3)9-8-12-15(11)25-21-16(12)17(18,19)20;1-2-4-9-11(22-8-3-5-12(20)21)7-6-10-13(9)23-19-14(10)15(16,17)18;1-3-2;/h8-9H,4-7,10H2,1-3H3;6-7H,2-5,8H2,1H3,(H,20,21);3H,1-2H3;1H4. The number of halogens is 6. The van der Waals surface area contributed by atoms with Gasteiger partial charge in [-0.15, -0.1) is 0 Å². The molecule has 0 saturated heterocycles. The fraction of sp³-hybridized carbons (Fsp3) is 0.543. The summed E-state index contributed by atoms with van der Waals surface area (Å²) in [5.41, 5.74) is -0.818. The lowest BCUT2D eigenvalue weighted by molar-refractivity contribution is -0.142. The highest BCUT2D eigenvalue weighted by Gasteiger charge is 2.38. The molecule has 292 valence electrons. The van der Waals surface area contributed by atoms with E-state index in [0.29, 0.717) is 67.8 Å². The highest BCUT2D eigenvalue weighted by Crippen LogP contribution is 2.39. The van der Waals surface area contributed by atoms with E-state index in [0.717, 1.165) is 6.42 Å². The zero-order valence-corrected chi connectivity index (χ0v) is 29.4. The number of carboxylic acids is 1. The molecule has 4 aromatic rings. The first kappa shape index (κ1) is 45.5. The van der Waals surface area contributed by atoms with E-state index in [4.69, 9.17) is 23.6 Å². The molecule has 0 spiro atoms. The largest absolute Gasteiger partial charge is 0.493 e. The van der Waals surface area contributed by atoms with Gasteiger partial charge in [0.05, 0.1) is 24.0 Å². The van der Waals surface area contributed by atoms with Crippen LogP contribution in [0.1, 0.15) is 82.3 Å². The summed E-state index contributed by atoms with van der Waals surface area (Å²) in [6.07, 6.45) is -5.63. The number of carbonyl (C=O) groups is 2. The molecule has 2 N–H and O–H groups in total. The van der Waals surface area contributed by atoms with Crippen molar-refractivity contribution >= 4 is 33.8 Å². The van der Waals surface area contributed by atoms with Gasteiger partial charge in [-0.1, -0.05) is 44.4 Å². The molecule has 2 aromatic carbocycles. The van der Waals surface area contributed by atoms with Gasteiger partial charge >= 0.3 is 18.3 Å². The number of aryl methyl sites for hydroxylation is 2. The van der Waals surface area contributed by atoms with Crippen LogP contribution in [0.5, 0.6) is 11.5 Å². The Morgan fingerprint density at radius 2 is 1.15 bits per heavy atom. The molecular weight excluding hydrogens is 702 g/mol. The molecule has 17 heteroatoms. The van der Waals surface area contributed by atoms with Gasteiger partial charge in [-0.05, 0) is 64.0 Å². The van der Waals surface area contributed by atoms with Crippen molar-refractivity contribution in [3.63, 3.8) is 0 Å². The smallest absolute Gasteiger partial charge is 0.437 e. The Morgan fingerprint density at radius 3 is 1.48 bits per heavy atom. The number of nitrogens with one attached hydrogen (secondary N) is 1. The summed E-state index contributed by atoms with van der Waals surface area (Å²) in [5.74, 6) is -0.0630. The van der Waals surface area contributed by atoms with Gasteiger partial charge in [-0.2, -0.15) is 26.3 Å². The van der Waals surface area contributed by atoms with E-state index < -0.39 is 29.7 Å². The third-order valence-corrected chi connectivity index (χ3v) is 7.02. The number of hydrogen-bond donors (Lipinski definition) is 2. The van der Waals surface area contributed by atoms with E-state index in [9.17, 15) is 35.9 Å². The van der Waals surface area contributed by atoms with Gasteiger partial charge in [-0.3, -0.25) is 9.59 Å². The normalized spacial score (nSPS) is 11.2. The molecular formula is C35H48F6N4O7. The first-order valence-electron chi connectivity index (χ1n) is 16.2. The molecule has 0 saturated carbocycles. The van der Waals surface area contributed by atoms with Gasteiger partial charge < -0.3 is 33.8 Å². The topological polar surface area (TPSA) is 140 Å². The van der Waals surface area contributed by atoms with Crippen LogP contribution in [0.25, 0.3) is 21.9 Å². The summed E-state index contributed by atoms with van der Waals surface area (Å²) in [4.78, 5) is 23.5. The molecule has 52 heavy (non-hydrogen) atoms. The van der Waals surface area contributed by atoms with E-state index in [-0.39, 0.29) is 48.3 Å². The number of carbonyl (C=O) groups excluding carboxylic acids is 1. The molecule has 11 nitrogen and oxygen atoms in total. The van der Waals surface area contributed by atoms with Gasteiger partial charge in [0, 0.05) is 38.1 Å². The van der Waals surface area contributed by atoms with Crippen molar-refractivity contribution in [3.05, 3.63) is 46.8 Å². The maximum absolute atomic E-state index is 13.0. The maximum Gasteiger partial charge on any atom is 0.437 e. The number of aromatic nitrogens is 2. The first-order chi connectivity index (χ1) is 24.0. The van der Waals surface area contributed by atoms with Crippen LogP contribution in [0.3, 0.4) is 0 Å². The number of hydrogen-bond acceptors (Lipinski definition) is 9. The van der Waals surface area contributed by atoms with Crippen molar-refractivity contribution in [1.29, 1.82) is 0 Å². The Balaban J connectivity index is 0.000000476. The number of benzene rings is 2. The number of alkyl halides is 6. The molecule has 0 aliphatic carbocycles. The quantitative estimate of drug-likeness (QED) is 0.0952. The minimum absolute atomic E-state index is 0. The average molecular weight is 751 g/mol. The van der Waals surface area contributed by atoms with Gasteiger partial charge in [0.2, 0.25) is 5.91 Å². The number of ether oxygens (including phenoxy) is 2. The summed E-state index contributed by atoms with van der Waals surface area (Å²) in [6.45, 7) is 4.25. The van der Waals surface area contributed by atoms with E-state index in [1.165, 1.54) is 29.2 Å². The SMILES string of the molecule is C.CCCc1c(OCCCC(=O)N(C)C)ccc2c(C(F)(F)F)noc12.CCCc1c(OCCCC(=O)O)ccc2c(C(F)(F)F)noc12.CNC. The molecule has 1 amide bonds. The Bertz CT molecular complexity index is 1700. The van der Waals surface area contributed by atoms with Crippen LogP contribution >= 0.6 is 0 Å². The van der Waals surface area contributed by atoms with Crippen LogP contribution in [-0.2, 0) is 34.8 Å². The first-order valence-corrected chi connectivity index (χ1v) is 16.2. The second-order valence-corrected chi connectivity index (χ2v) is 11.5. The molecule has 0 aliphatic rings. The van der Waals surface area contributed by atoms with E-state index >= 15 is 0 Å². The zero-order valence-electron chi connectivity index (χ0n) is 29.4. The van der Waals surface area contributed by atoms with Crippen LogP contribution < -0.4 is 14.8 Å². The summed E-state index contributed by atoms with van der Waals surface area (Å²) < 4.78 is 98.6. The van der Waals surface area contributed by atoms with Crippen molar-refractivity contribution in [2.45, 2.75) is 85.0 Å². The summed E-state index contributed by atoms with van der Waals surface area (Å²) in [7, 11) is 7.11. The van der Waals surface area contributed by atoms with Crippen molar-refractivity contribution < 1.29 is 59.6 Å². The highest BCUT2D eigenvalue weighted by molar-refractivity contribution is 5.86. The molecule has 0 fully saturated rings. The third-order valence-electron chi connectivity index (χ3n) is 7.02. The molecule has 0 bridgehead atoms. The summed E-state index contributed by atoms with van der Waals surface area (Å²) in [5, 5.41) is 17.5. The van der Waals surface area contributed by atoms with Gasteiger partial charge in [0.1, 0.15) is 11.5 Å². The van der Waals surface area contributed by atoms with Gasteiger partial charge in [0.15, 0.2) is 22.6 Å². The van der Waals surface area contributed by atoms with Gasteiger partial charge in [0.25, 0.3) is 0 Å². The molecule has 4 rings (SSSR count). The third kappa shape index (κ3) is 12.9. The van der Waals surface area contributed by atoms with E-state index in [1.54, 1.807) is 14.1 Å². The number of fused-ring (bicyclic) bond motifs is 2. The number of rotatable bonds is 14. The lowest BCUT2D eigenvalue weighted by atomic mass is 10.0. The Morgan fingerprint density at radius 1 is 0.769 bits per heavy atom. The molecule has 0 radical (unpaired) electrons. The molecule has 2 aromatic heterocycles. The molecule has 0 atom stereocenters. The molecule has 0 unspecified atom stereocenters. The minimum Gasteiger partial charge on any atom is -0.493 e. The van der Waals surface area contributed by atoms with Crippen molar-refractivity contribution in [2.24, 2.45) is 0 Å². The molecule has 2 heterocycles. The predicted octanol–water partition coefficient (Wildman–Crippen LogP) is 8.56. The van der Waals surface area contributed by atoms with Crippen LogP contribution in [0.15, 0.2) is 33.3 Å². The second kappa shape index (κ2) is 21.1. The lowest BCUT2D eigenvalue weighted by Gasteiger charge is -2.13. The fourth-order valence-corrected chi connectivity index (χ4v) is 4.77. The molecule has 0 aliphatic heterocycles. The second-order valence-electron chi connectivity index (χ2n) is 11.5. The Hall–Kier alpha value is -4.54. The Kier molecular flexibility index (Phi) is 18.5. The number of nitrogens with zero attached hydrogens (tertiary/aromatic N) is 3. The predicted molar refractivity (Wildman–Crippen MR) is 184 cm³/mol. The van der Waals surface area contributed by atoms with Crippen LogP contribution in [0, 0.1) is 0 Å². The summed E-state index contributed by atoms with van der Waals surface area (Å²) in [6, 6.07) is 5.53. The maximum atomic E-state index is 13.0. The van der Waals surface area contributed by atoms with E-state index in [1.807, 2.05) is 27.9 Å². The number of aliphatic carboxylic acids is 1. The van der Waals surface area contributed by atoms with Gasteiger partial charge in [-0.25, -0.2) is 0 Å². The zero-order chi connectivity index (χ0) is 38.4. The highest BCUT2D eigenvalue weighted by atomic mass is 19.4. The van der Waals surface area contributed by atoms with Crippen molar-refractivity contribution in [2.75, 3.05) is 41.4 Å². The Labute approximate surface area is 298 Å². The van der Waals surface area contributed by atoms with Crippen molar-refractivity contribution in [1.82, 2.24) is 20.5 Å². The van der Waals surface area contributed by atoms with Crippen molar-refractivity contribution in [3.8, 4) is 11.5 Å². The number of amides is 1. The number of carboxylic acid groups (broad SMARTS) is 1. The van der Waals surface area contributed by atoms with E-state index in [2.05, 4.69) is 15.6 Å².